The van der Waals surface area contributed by atoms with E-state index >= 15 is 0 Å². The van der Waals surface area contributed by atoms with Gasteiger partial charge < -0.3 is 10.0 Å². The monoisotopic (exact) mass is 218 g/mol. The normalized spacial score (nSPS) is 9.56. The second-order valence-electron chi connectivity index (χ2n) is 3.37. The molecule has 0 unspecified atom stereocenters. The average molecular weight is 218 g/mol. The molecule has 0 bridgehead atoms. The number of terminal acetylenes is 1. The van der Waals surface area contributed by atoms with Crippen molar-refractivity contribution in [3.8, 4) is 12.3 Å². The first-order valence-corrected chi connectivity index (χ1v) is 4.98. The molecule has 1 rings (SSSR count). The first-order chi connectivity index (χ1) is 7.60. The minimum atomic E-state index is -0.988. The van der Waals surface area contributed by atoms with E-state index in [-0.39, 0.29) is 5.56 Å². The van der Waals surface area contributed by atoms with Gasteiger partial charge >= 0.3 is 5.97 Å². The first-order valence-electron chi connectivity index (χ1n) is 4.98. The molecular weight excluding hydrogens is 204 g/mol. The lowest BCUT2D eigenvalue weighted by atomic mass is 10.2. The van der Waals surface area contributed by atoms with Gasteiger partial charge in [0.1, 0.15) is 5.56 Å². The van der Waals surface area contributed by atoms with Crippen LogP contribution in [0.1, 0.15) is 23.0 Å². The van der Waals surface area contributed by atoms with Gasteiger partial charge in [-0.25, -0.2) is 4.79 Å². The van der Waals surface area contributed by atoms with Gasteiger partial charge in [-0.2, -0.15) is 0 Å². The molecule has 0 saturated carbocycles. The predicted molar refractivity (Wildman–Crippen MR) is 62.7 cm³/mol. The van der Waals surface area contributed by atoms with Gasteiger partial charge in [0.2, 0.25) is 0 Å². The number of aryl methyl sites for hydroxylation is 1. The summed E-state index contributed by atoms with van der Waals surface area (Å²) in [6.07, 6.45) is 6.62. The fourth-order valence-electron chi connectivity index (χ4n) is 1.45. The Hall–Kier alpha value is -2.02. The lowest BCUT2D eigenvalue weighted by Gasteiger charge is -2.22. The highest BCUT2D eigenvalue weighted by molar-refractivity contribution is 5.94. The number of carboxylic acid groups (broad SMARTS) is 1. The van der Waals surface area contributed by atoms with Gasteiger partial charge in [-0.15, -0.1) is 6.42 Å². The third-order valence-corrected chi connectivity index (χ3v) is 2.25. The molecule has 4 nitrogen and oxygen atoms in total. The second-order valence-corrected chi connectivity index (χ2v) is 3.37. The van der Waals surface area contributed by atoms with E-state index in [2.05, 4.69) is 10.9 Å². The second kappa shape index (κ2) is 5.17. The fourth-order valence-corrected chi connectivity index (χ4v) is 1.45. The molecule has 16 heavy (non-hydrogen) atoms. The van der Waals surface area contributed by atoms with Gasteiger partial charge in [-0.3, -0.25) is 4.98 Å². The molecule has 84 valence electrons. The summed E-state index contributed by atoms with van der Waals surface area (Å²) in [6.45, 7) is 4.80. The molecule has 0 atom stereocenters. The highest BCUT2D eigenvalue weighted by Crippen LogP contribution is 2.20. The maximum atomic E-state index is 11.0. The van der Waals surface area contributed by atoms with Crippen molar-refractivity contribution in [3.05, 3.63) is 23.5 Å². The Bertz CT molecular complexity index is 435. The Balaban J connectivity index is 3.23. The molecule has 0 amide bonds. The number of aromatic nitrogens is 1. The number of pyridine rings is 1. The number of anilines is 1. The summed E-state index contributed by atoms with van der Waals surface area (Å²) in [7, 11) is 0. The third-order valence-electron chi connectivity index (χ3n) is 2.25. The van der Waals surface area contributed by atoms with Gasteiger partial charge in [0.25, 0.3) is 0 Å². The molecule has 1 aromatic heterocycles. The lowest BCUT2D eigenvalue weighted by Crippen LogP contribution is -2.25. The van der Waals surface area contributed by atoms with E-state index < -0.39 is 5.97 Å². The van der Waals surface area contributed by atoms with Crippen molar-refractivity contribution in [2.24, 2.45) is 0 Å². The smallest absolute Gasteiger partial charge is 0.339 e. The zero-order valence-electron chi connectivity index (χ0n) is 9.40. The minimum Gasteiger partial charge on any atom is -0.478 e. The summed E-state index contributed by atoms with van der Waals surface area (Å²) >= 11 is 0. The highest BCUT2D eigenvalue weighted by Gasteiger charge is 2.15. The molecule has 0 spiro atoms. The van der Waals surface area contributed by atoms with Crippen molar-refractivity contribution in [2.45, 2.75) is 13.8 Å². The van der Waals surface area contributed by atoms with Gasteiger partial charge in [0.15, 0.2) is 0 Å². The van der Waals surface area contributed by atoms with Crippen molar-refractivity contribution in [1.82, 2.24) is 4.98 Å². The molecule has 0 aliphatic carbocycles. The van der Waals surface area contributed by atoms with Gasteiger partial charge in [0.05, 0.1) is 12.2 Å². The van der Waals surface area contributed by atoms with Crippen LogP contribution in [0, 0.1) is 19.3 Å². The van der Waals surface area contributed by atoms with Crippen LogP contribution < -0.4 is 4.90 Å². The fraction of sp³-hybridized carbons (Fsp3) is 0.333. The highest BCUT2D eigenvalue weighted by atomic mass is 16.4. The lowest BCUT2D eigenvalue weighted by molar-refractivity contribution is 0.0697. The first kappa shape index (κ1) is 12.1. The summed E-state index contributed by atoms with van der Waals surface area (Å²) < 4.78 is 0. The van der Waals surface area contributed by atoms with E-state index in [1.54, 1.807) is 6.07 Å². The standard InChI is InChI=1S/C12H14N2O2/c1-4-6-14(5-2)11-7-9(3)13-8-10(11)12(15)16/h1,7-8H,5-6H2,2-3H3,(H,15,16). The molecular formula is C12H14N2O2. The maximum absolute atomic E-state index is 11.0. The number of hydrogen-bond donors (Lipinski definition) is 1. The topological polar surface area (TPSA) is 53.4 Å². The summed E-state index contributed by atoms with van der Waals surface area (Å²) in [5.41, 5.74) is 1.58. The number of hydrogen-bond acceptors (Lipinski definition) is 3. The zero-order chi connectivity index (χ0) is 12.1. The van der Waals surface area contributed by atoms with Crippen LogP contribution in [0.4, 0.5) is 5.69 Å². The number of aromatic carboxylic acids is 1. The van der Waals surface area contributed by atoms with Gasteiger partial charge in [0, 0.05) is 18.4 Å². The predicted octanol–water partition coefficient (Wildman–Crippen LogP) is 1.55. The zero-order valence-corrected chi connectivity index (χ0v) is 9.40. The van der Waals surface area contributed by atoms with Crippen molar-refractivity contribution in [3.63, 3.8) is 0 Å². The summed E-state index contributed by atoms with van der Waals surface area (Å²) in [5, 5.41) is 9.05. The van der Waals surface area contributed by atoms with E-state index in [0.717, 1.165) is 5.69 Å². The third kappa shape index (κ3) is 2.51. The molecule has 0 aromatic carbocycles. The Morgan fingerprint density at radius 2 is 2.38 bits per heavy atom. The van der Waals surface area contributed by atoms with Crippen molar-refractivity contribution in [2.75, 3.05) is 18.0 Å². The Kier molecular flexibility index (Phi) is 3.90. The van der Waals surface area contributed by atoms with Crippen molar-refractivity contribution >= 4 is 11.7 Å². The average Bonchev–Trinajstić information content (AvgIpc) is 2.25. The summed E-state index contributed by atoms with van der Waals surface area (Å²) in [4.78, 5) is 16.8. The molecule has 1 heterocycles. The Morgan fingerprint density at radius 3 is 2.88 bits per heavy atom. The van der Waals surface area contributed by atoms with Crippen LogP contribution in [-0.4, -0.2) is 29.1 Å². The van der Waals surface area contributed by atoms with E-state index in [4.69, 9.17) is 11.5 Å². The van der Waals surface area contributed by atoms with E-state index in [9.17, 15) is 4.79 Å². The summed E-state index contributed by atoms with van der Waals surface area (Å²) in [5.74, 6) is 1.53. The Morgan fingerprint density at radius 1 is 1.69 bits per heavy atom. The van der Waals surface area contributed by atoms with Crippen molar-refractivity contribution < 1.29 is 9.90 Å². The SMILES string of the molecule is C#CCN(CC)c1cc(C)ncc1C(=O)O. The van der Waals surface area contributed by atoms with Crippen LogP contribution in [0.2, 0.25) is 0 Å². The summed E-state index contributed by atoms with van der Waals surface area (Å²) in [6, 6.07) is 1.74. The number of carboxylic acids is 1. The maximum Gasteiger partial charge on any atom is 0.339 e. The molecule has 0 fully saturated rings. The molecule has 0 saturated heterocycles. The van der Waals surface area contributed by atoms with Crippen LogP contribution in [-0.2, 0) is 0 Å². The van der Waals surface area contributed by atoms with Gasteiger partial charge in [-0.1, -0.05) is 5.92 Å². The quantitative estimate of drug-likeness (QED) is 0.779. The van der Waals surface area contributed by atoms with Crippen LogP contribution in [0.15, 0.2) is 12.3 Å². The van der Waals surface area contributed by atoms with E-state index in [0.29, 0.717) is 18.8 Å². The molecule has 1 N–H and O–H groups in total. The molecule has 1 aromatic rings. The number of nitrogens with zero attached hydrogens (tertiary/aromatic N) is 2. The van der Waals surface area contributed by atoms with E-state index in [1.165, 1.54) is 6.20 Å². The molecule has 0 aliphatic heterocycles. The van der Waals surface area contributed by atoms with Crippen LogP contribution in [0.3, 0.4) is 0 Å². The van der Waals surface area contributed by atoms with E-state index in [1.807, 2.05) is 18.7 Å². The minimum absolute atomic E-state index is 0.183. The molecule has 0 radical (unpaired) electrons. The molecule has 4 heteroatoms. The Labute approximate surface area is 94.9 Å². The van der Waals surface area contributed by atoms with Crippen LogP contribution >= 0.6 is 0 Å². The number of rotatable bonds is 4. The van der Waals surface area contributed by atoms with Crippen molar-refractivity contribution in [1.29, 1.82) is 0 Å². The molecule has 0 aliphatic rings. The number of carbonyl (C=O) groups is 1. The largest absolute Gasteiger partial charge is 0.478 e. The van der Waals surface area contributed by atoms with Crippen LogP contribution in [0.5, 0.6) is 0 Å². The van der Waals surface area contributed by atoms with Crippen LogP contribution in [0.25, 0.3) is 0 Å². The van der Waals surface area contributed by atoms with Gasteiger partial charge in [-0.05, 0) is 19.9 Å².